The molecular weight excluding hydrogens is 503 g/mol. The van der Waals surface area contributed by atoms with Crippen molar-refractivity contribution >= 4 is 55.6 Å². The topological polar surface area (TPSA) is 101 Å². The molecule has 33 heavy (non-hydrogen) atoms. The van der Waals surface area contributed by atoms with Gasteiger partial charge in [-0.15, -0.1) is 10.2 Å². The Morgan fingerprint density at radius 1 is 0.879 bits per heavy atom. The molecule has 1 heterocycles. The van der Waals surface area contributed by atoms with Crippen molar-refractivity contribution in [2.45, 2.75) is 10.4 Å². The van der Waals surface area contributed by atoms with Gasteiger partial charge in [-0.2, -0.15) is 4.72 Å². The standard InChI is InChI=1S/C22H16Cl2N4O3S2/c23-16-11-12-17(18(24)13-16)20(29)25-21-26-27-22(32-21)33(30,31)28-19(14-7-3-1-4-8-14)15-9-5-2-6-10-15/h1-13,19,28H,(H,25,26,29). The van der Waals surface area contributed by atoms with Gasteiger partial charge in [-0.25, -0.2) is 8.42 Å². The first-order chi connectivity index (χ1) is 15.8. The lowest BCUT2D eigenvalue weighted by atomic mass is 10.00. The van der Waals surface area contributed by atoms with Crippen LogP contribution < -0.4 is 10.0 Å². The number of rotatable bonds is 7. The van der Waals surface area contributed by atoms with E-state index < -0.39 is 22.0 Å². The molecule has 0 bridgehead atoms. The monoisotopic (exact) mass is 518 g/mol. The van der Waals surface area contributed by atoms with Crippen molar-refractivity contribution in [3.05, 3.63) is 106 Å². The number of hydrogen-bond acceptors (Lipinski definition) is 6. The summed E-state index contributed by atoms with van der Waals surface area (Å²) in [6.45, 7) is 0. The van der Waals surface area contributed by atoms with E-state index in [1.165, 1.54) is 18.2 Å². The van der Waals surface area contributed by atoms with Gasteiger partial charge in [0, 0.05) is 5.02 Å². The summed E-state index contributed by atoms with van der Waals surface area (Å²) in [5.41, 5.74) is 1.71. The van der Waals surface area contributed by atoms with Crippen molar-refractivity contribution in [3.63, 3.8) is 0 Å². The highest BCUT2D eigenvalue weighted by molar-refractivity contribution is 7.91. The van der Waals surface area contributed by atoms with Crippen LogP contribution in [0, 0.1) is 0 Å². The Kier molecular flexibility index (Phi) is 7.06. The number of halogens is 2. The fourth-order valence-electron chi connectivity index (χ4n) is 3.03. The summed E-state index contributed by atoms with van der Waals surface area (Å²) >= 11 is 12.6. The Morgan fingerprint density at radius 2 is 1.48 bits per heavy atom. The van der Waals surface area contributed by atoms with E-state index in [1.807, 2.05) is 60.7 Å². The molecule has 0 aliphatic carbocycles. The van der Waals surface area contributed by atoms with E-state index in [1.54, 1.807) is 0 Å². The summed E-state index contributed by atoms with van der Waals surface area (Å²) in [7, 11) is -4.05. The first-order valence-electron chi connectivity index (χ1n) is 9.55. The number of anilines is 1. The lowest BCUT2D eigenvalue weighted by Gasteiger charge is -2.18. The average molecular weight is 519 g/mol. The van der Waals surface area contributed by atoms with Gasteiger partial charge in [-0.1, -0.05) is 95.2 Å². The first-order valence-corrected chi connectivity index (χ1v) is 12.6. The van der Waals surface area contributed by atoms with Crippen LogP contribution in [0.4, 0.5) is 5.13 Å². The second-order valence-corrected chi connectivity index (χ2v) is 10.5. The fraction of sp³-hybridized carbons (Fsp3) is 0.0455. The maximum absolute atomic E-state index is 13.1. The minimum Gasteiger partial charge on any atom is -0.296 e. The van der Waals surface area contributed by atoms with Gasteiger partial charge < -0.3 is 0 Å². The highest BCUT2D eigenvalue weighted by Gasteiger charge is 2.27. The van der Waals surface area contributed by atoms with Crippen molar-refractivity contribution < 1.29 is 13.2 Å². The molecule has 7 nitrogen and oxygen atoms in total. The third-order valence-electron chi connectivity index (χ3n) is 4.57. The smallest absolute Gasteiger partial charge is 0.270 e. The number of nitrogens with one attached hydrogen (secondary N) is 2. The lowest BCUT2D eigenvalue weighted by molar-refractivity contribution is 0.102. The van der Waals surface area contributed by atoms with E-state index in [0.29, 0.717) is 5.02 Å². The third-order valence-corrected chi connectivity index (χ3v) is 7.75. The van der Waals surface area contributed by atoms with Crippen LogP contribution in [0.3, 0.4) is 0 Å². The molecule has 2 N–H and O–H groups in total. The van der Waals surface area contributed by atoms with Crippen molar-refractivity contribution in [3.8, 4) is 0 Å². The molecule has 0 atom stereocenters. The van der Waals surface area contributed by atoms with Gasteiger partial charge in [0.2, 0.25) is 9.47 Å². The molecule has 1 aromatic heterocycles. The zero-order valence-corrected chi connectivity index (χ0v) is 19.9. The summed E-state index contributed by atoms with van der Waals surface area (Å²) in [5, 5.41) is 10.6. The quantitative estimate of drug-likeness (QED) is 0.329. The summed E-state index contributed by atoms with van der Waals surface area (Å²) < 4.78 is 28.6. The number of sulfonamides is 1. The Labute approximate surface area is 204 Å². The van der Waals surface area contributed by atoms with Gasteiger partial charge in [0.15, 0.2) is 0 Å². The Bertz CT molecular complexity index is 1340. The second kappa shape index (κ2) is 9.98. The van der Waals surface area contributed by atoms with Crippen LogP contribution in [0.2, 0.25) is 10.0 Å². The van der Waals surface area contributed by atoms with Gasteiger partial charge in [-0.05, 0) is 29.3 Å². The van der Waals surface area contributed by atoms with Crippen molar-refractivity contribution in [1.82, 2.24) is 14.9 Å². The van der Waals surface area contributed by atoms with Gasteiger partial charge in [-0.3, -0.25) is 10.1 Å². The van der Waals surface area contributed by atoms with E-state index in [9.17, 15) is 13.2 Å². The minimum atomic E-state index is -4.05. The van der Waals surface area contributed by atoms with Crippen LogP contribution in [0.1, 0.15) is 27.5 Å². The molecular formula is C22H16Cl2N4O3S2. The van der Waals surface area contributed by atoms with Gasteiger partial charge in [0.05, 0.1) is 16.6 Å². The van der Waals surface area contributed by atoms with Crippen LogP contribution in [0.5, 0.6) is 0 Å². The van der Waals surface area contributed by atoms with Crippen LogP contribution in [0.15, 0.2) is 83.2 Å². The average Bonchev–Trinajstić information content (AvgIpc) is 3.28. The largest absolute Gasteiger partial charge is 0.296 e. The summed E-state index contributed by atoms with van der Waals surface area (Å²) in [6.07, 6.45) is 0. The molecule has 0 aliphatic rings. The molecule has 11 heteroatoms. The molecule has 0 aliphatic heterocycles. The molecule has 4 aromatic rings. The highest BCUT2D eigenvalue weighted by atomic mass is 35.5. The SMILES string of the molecule is O=C(Nc1nnc(S(=O)(=O)NC(c2ccccc2)c2ccccc2)s1)c1ccc(Cl)cc1Cl. The van der Waals surface area contributed by atoms with Crippen LogP contribution in [-0.2, 0) is 10.0 Å². The van der Waals surface area contributed by atoms with E-state index in [0.717, 1.165) is 22.5 Å². The van der Waals surface area contributed by atoms with Crippen molar-refractivity contribution in [2.75, 3.05) is 5.32 Å². The number of carbonyl (C=O) groups excluding carboxylic acids is 1. The minimum absolute atomic E-state index is 0.0161. The zero-order chi connectivity index (χ0) is 23.4. The van der Waals surface area contributed by atoms with E-state index in [4.69, 9.17) is 23.2 Å². The Morgan fingerprint density at radius 3 is 2.06 bits per heavy atom. The van der Waals surface area contributed by atoms with Crippen LogP contribution in [0.25, 0.3) is 0 Å². The Hall–Kier alpha value is -2.82. The molecule has 0 fully saturated rings. The predicted octanol–water partition coefficient (Wildman–Crippen LogP) is 5.17. The molecule has 168 valence electrons. The van der Waals surface area contributed by atoms with Crippen LogP contribution >= 0.6 is 34.5 Å². The number of nitrogens with zero attached hydrogens (tertiary/aromatic N) is 2. The van der Waals surface area contributed by atoms with E-state index in [2.05, 4.69) is 20.2 Å². The Balaban J connectivity index is 1.57. The molecule has 1 amide bonds. The van der Waals surface area contributed by atoms with Gasteiger partial charge >= 0.3 is 0 Å². The molecule has 0 unspecified atom stereocenters. The van der Waals surface area contributed by atoms with Crippen molar-refractivity contribution in [1.29, 1.82) is 0 Å². The number of carbonyl (C=O) groups is 1. The molecule has 0 saturated carbocycles. The summed E-state index contributed by atoms with van der Waals surface area (Å²) in [5.74, 6) is -0.559. The van der Waals surface area contributed by atoms with E-state index >= 15 is 0 Å². The summed E-state index contributed by atoms with van der Waals surface area (Å²) in [4.78, 5) is 12.5. The second-order valence-electron chi connectivity index (χ2n) is 6.83. The third kappa shape index (κ3) is 5.58. The van der Waals surface area contributed by atoms with Gasteiger partial charge in [0.25, 0.3) is 15.9 Å². The maximum Gasteiger partial charge on any atom is 0.270 e. The van der Waals surface area contributed by atoms with E-state index in [-0.39, 0.29) is 20.1 Å². The number of benzene rings is 3. The molecule has 0 spiro atoms. The lowest BCUT2D eigenvalue weighted by Crippen LogP contribution is -2.29. The molecule has 4 rings (SSSR count). The van der Waals surface area contributed by atoms with Gasteiger partial charge in [0.1, 0.15) is 0 Å². The first kappa shape index (κ1) is 23.3. The van der Waals surface area contributed by atoms with Crippen LogP contribution in [-0.4, -0.2) is 24.5 Å². The molecule has 0 saturated heterocycles. The number of hydrogen-bond donors (Lipinski definition) is 2. The maximum atomic E-state index is 13.1. The summed E-state index contributed by atoms with van der Waals surface area (Å²) in [6, 6.07) is 22.2. The normalized spacial score (nSPS) is 11.5. The molecule has 0 radical (unpaired) electrons. The number of aromatic nitrogens is 2. The number of amides is 1. The predicted molar refractivity (Wildman–Crippen MR) is 129 cm³/mol. The zero-order valence-electron chi connectivity index (χ0n) is 16.8. The highest BCUT2D eigenvalue weighted by Crippen LogP contribution is 2.27. The molecule has 3 aromatic carbocycles. The fourth-order valence-corrected chi connectivity index (χ4v) is 5.65. The van der Waals surface area contributed by atoms with Crippen molar-refractivity contribution in [2.24, 2.45) is 0 Å².